The van der Waals surface area contributed by atoms with Gasteiger partial charge in [-0.1, -0.05) is 60.7 Å². The summed E-state index contributed by atoms with van der Waals surface area (Å²) in [5.74, 6) is 0.920. The molecule has 4 nitrogen and oxygen atoms in total. The lowest BCUT2D eigenvalue weighted by molar-refractivity contribution is -0.124. The lowest BCUT2D eigenvalue weighted by Crippen LogP contribution is -2.41. The van der Waals surface area contributed by atoms with Crippen LogP contribution in [-0.2, 0) is 9.59 Å². The van der Waals surface area contributed by atoms with Gasteiger partial charge < -0.3 is 10.6 Å². The minimum atomic E-state index is -0.394. The maximum Gasteiger partial charge on any atom is 0.238 e. The van der Waals surface area contributed by atoms with Gasteiger partial charge in [-0.25, -0.2) is 0 Å². The van der Waals surface area contributed by atoms with Crippen LogP contribution in [0.15, 0.2) is 77.7 Å². The Morgan fingerprint density at radius 1 is 0.906 bits per heavy atom. The Morgan fingerprint density at radius 3 is 2.25 bits per heavy atom. The van der Waals surface area contributed by atoms with Gasteiger partial charge in [-0.05, 0) is 46.7 Å². The maximum absolute atomic E-state index is 12.8. The van der Waals surface area contributed by atoms with Crippen LogP contribution in [0, 0.1) is 5.92 Å². The molecular weight excluding hydrogens is 416 g/mol. The molecule has 2 N–H and O–H groups in total. The van der Waals surface area contributed by atoms with E-state index < -0.39 is 5.25 Å². The molecule has 160 valence electrons. The first-order valence-electron chi connectivity index (χ1n) is 11.2. The molecule has 0 saturated carbocycles. The van der Waals surface area contributed by atoms with E-state index in [-0.39, 0.29) is 18.2 Å². The minimum absolute atomic E-state index is 0.0555. The molecule has 4 aliphatic rings. The smallest absolute Gasteiger partial charge is 0.238 e. The van der Waals surface area contributed by atoms with Gasteiger partial charge in [0.15, 0.2) is 0 Å². The monoisotopic (exact) mass is 440 g/mol. The quantitative estimate of drug-likeness (QED) is 0.607. The van der Waals surface area contributed by atoms with Crippen molar-refractivity contribution < 1.29 is 9.59 Å². The number of benzene rings is 3. The van der Waals surface area contributed by atoms with Crippen molar-refractivity contribution in [2.45, 2.75) is 34.8 Å². The molecule has 3 aromatic carbocycles. The zero-order valence-electron chi connectivity index (χ0n) is 17.6. The largest absolute Gasteiger partial charge is 0.356 e. The predicted molar refractivity (Wildman–Crippen MR) is 127 cm³/mol. The van der Waals surface area contributed by atoms with Gasteiger partial charge in [0.05, 0.1) is 10.9 Å². The fourth-order valence-electron chi connectivity index (χ4n) is 5.67. The molecule has 2 atom stereocenters. The molecule has 2 bridgehead atoms. The average molecular weight is 441 g/mol. The summed E-state index contributed by atoms with van der Waals surface area (Å²) in [4.78, 5) is 26.3. The molecule has 1 heterocycles. The number of anilines is 1. The fourth-order valence-corrected chi connectivity index (χ4v) is 6.78. The Balaban J connectivity index is 1.16. The van der Waals surface area contributed by atoms with E-state index >= 15 is 0 Å². The van der Waals surface area contributed by atoms with E-state index in [2.05, 4.69) is 59.2 Å². The average Bonchev–Trinajstić information content (AvgIpc) is 2.83. The van der Waals surface area contributed by atoms with Crippen molar-refractivity contribution in [2.75, 3.05) is 11.9 Å². The molecule has 3 aromatic rings. The van der Waals surface area contributed by atoms with Crippen LogP contribution in [0.3, 0.4) is 0 Å². The number of carbonyl (C=O) groups is 2. The molecular formula is C27H24N2O2S. The van der Waals surface area contributed by atoms with E-state index in [4.69, 9.17) is 0 Å². The Morgan fingerprint density at radius 2 is 1.53 bits per heavy atom. The standard InChI is InChI=1S/C27H24N2O2S/c30-25(14-24-27(31)29-22-11-5-6-12-23(22)32-24)28-15-16-13-21-17-7-1-3-9-19(17)26(16)20-10-4-2-8-18(20)21/h1-12,16,21,24,26H,13-15H2,(H,28,30)(H,29,31)/t16-,21?,24+,26?/m0/s1. The Labute approximate surface area is 191 Å². The van der Waals surface area contributed by atoms with Gasteiger partial charge in [0, 0.05) is 29.7 Å². The molecule has 0 spiro atoms. The van der Waals surface area contributed by atoms with Crippen LogP contribution in [0.25, 0.3) is 0 Å². The second-order valence-electron chi connectivity index (χ2n) is 8.88. The molecule has 0 saturated heterocycles. The van der Waals surface area contributed by atoms with Crippen molar-refractivity contribution in [3.63, 3.8) is 0 Å². The third-order valence-electron chi connectivity index (χ3n) is 7.06. The number of nitrogens with one attached hydrogen (secondary N) is 2. The number of rotatable bonds is 4. The summed E-state index contributed by atoms with van der Waals surface area (Å²) in [6.45, 7) is 0.637. The van der Waals surface area contributed by atoms with Crippen LogP contribution < -0.4 is 10.6 Å². The topological polar surface area (TPSA) is 58.2 Å². The third kappa shape index (κ3) is 3.23. The van der Waals surface area contributed by atoms with Crippen molar-refractivity contribution in [3.05, 3.63) is 95.1 Å². The van der Waals surface area contributed by atoms with Crippen LogP contribution in [-0.4, -0.2) is 23.6 Å². The second kappa shape index (κ2) is 7.82. The highest BCUT2D eigenvalue weighted by Crippen LogP contribution is 2.55. The predicted octanol–water partition coefficient (Wildman–Crippen LogP) is 4.90. The third-order valence-corrected chi connectivity index (χ3v) is 8.34. The van der Waals surface area contributed by atoms with Gasteiger partial charge in [0.2, 0.25) is 11.8 Å². The van der Waals surface area contributed by atoms with E-state index in [0.29, 0.717) is 24.3 Å². The highest BCUT2D eigenvalue weighted by Gasteiger charge is 2.43. The van der Waals surface area contributed by atoms with Crippen molar-refractivity contribution in [2.24, 2.45) is 5.92 Å². The molecule has 5 heteroatoms. The first-order valence-corrected chi connectivity index (χ1v) is 12.1. The summed E-state index contributed by atoms with van der Waals surface area (Å²) in [6, 6.07) is 25.2. The molecule has 3 aliphatic carbocycles. The summed E-state index contributed by atoms with van der Waals surface area (Å²) in [6.07, 6.45) is 1.24. The van der Waals surface area contributed by atoms with Crippen molar-refractivity contribution in [3.8, 4) is 0 Å². The lowest BCUT2D eigenvalue weighted by Gasteiger charge is -2.45. The SMILES string of the molecule is O=C(C[C@H]1Sc2ccccc2NC1=O)NC[C@@H]1CC2c3ccccc3C1c1ccccc12. The number of fused-ring (bicyclic) bond motifs is 2. The van der Waals surface area contributed by atoms with Gasteiger partial charge in [-0.3, -0.25) is 9.59 Å². The highest BCUT2D eigenvalue weighted by molar-refractivity contribution is 8.01. The summed E-state index contributed by atoms with van der Waals surface area (Å²) < 4.78 is 0. The number of hydrogen-bond acceptors (Lipinski definition) is 3. The van der Waals surface area contributed by atoms with Gasteiger partial charge in [0.1, 0.15) is 0 Å². The summed E-state index contributed by atoms with van der Waals surface area (Å²) in [7, 11) is 0. The zero-order chi connectivity index (χ0) is 21.7. The number of para-hydroxylation sites is 1. The van der Waals surface area contributed by atoms with Crippen molar-refractivity contribution >= 4 is 29.3 Å². The second-order valence-corrected chi connectivity index (χ2v) is 10.1. The van der Waals surface area contributed by atoms with E-state index in [0.717, 1.165) is 17.0 Å². The van der Waals surface area contributed by atoms with E-state index in [1.54, 1.807) is 0 Å². The summed E-state index contributed by atoms with van der Waals surface area (Å²) in [5, 5.41) is 5.69. The van der Waals surface area contributed by atoms with Crippen LogP contribution in [0.5, 0.6) is 0 Å². The van der Waals surface area contributed by atoms with Crippen molar-refractivity contribution in [1.29, 1.82) is 0 Å². The molecule has 0 aromatic heterocycles. The van der Waals surface area contributed by atoms with Gasteiger partial charge >= 0.3 is 0 Å². The van der Waals surface area contributed by atoms with E-state index in [1.165, 1.54) is 34.0 Å². The molecule has 1 aliphatic heterocycles. The minimum Gasteiger partial charge on any atom is -0.356 e. The molecule has 2 amide bonds. The number of hydrogen-bond donors (Lipinski definition) is 2. The van der Waals surface area contributed by atoms with Crippen molar-refractivity contribution in [1.82, 2.24) is 5.32 Å². The van der Waals surface area contributed by atoms with Gasteiger partial charge in [0.25, 0.3) is 0 Å². The summed E-state index contributed by atoms with van der Waals surface area (Å²) >= 11 is 1.48. The Kier molecular flexibility index (Phi) is 4.80. The Hall–Kier alpha value is -3.05. The van der Waals surface area contributed by atoms with E-state index in [9.17, 15) is 9.59 Å². The van der Waals surface area contributed by atoms with Gasteiger partial charge in [-0.2, -0.15) is 0 Å². The summed E-state index contributed by atoms with van der Waals surface area (Å²) in [5.41, 5.74) is 6.51. The fraction of sp³-hybridized carbons (Fsp3) is 0.259. The number of thioether (sulfide) groups is 1. The first kappa shape index (κ1) is 19.6. The van der Waals surface area contributed by atoms with Crippen LogP contribution in [0.2, 0.25) is 0 Å². The maximum atomic E-state index is 12.8. The molecule has 0 fully saturated rings. The highest BCUT2D eigenvalue weighted by atomic mass is 32.2. The number of carbonyl (C=O) groups excluding carboxylic acids is 2. The van der Waals surface area contributed by atoms with Crippen LogP contribution >= 0.6 is 11.8 Å². The van der Waals surface area contributed by atoms with E-state index in [1.807, 2.05) is 24.3 Å². The molecule has 0 unspecified atom stereocenters. The molecule has 7 rings (SSSR count). The van der Waals surface area contributed by atoms with Gasteiger partial charge in [-0.15, -0.1) is 11.8 Å². The van der Waals surface area contributed by atoms with Crippen LogP contribution in [0.1, 0.15) is 46.9 Å². The first-order chi connectivity index (χ1) is 15.7. The molecule has 0 radical (unpaired) electrons. The zero-order valence-corrected chi connectivity index (χ0v) is 18.4. The normalized spacial score (nSPS) is 24.7. The molecule has 32 heavy (non-hydrogen) atoms. The number of amides is 2. The van der Waals surface area contributed by atoms with Crippen LogP contribution in [0.4, 0.5) is 5.69 Å². The Bertz CT molecular complexity index is 1180. The lowest BCUT2D eigenvalue weighted by atomic mass is 9.59.